The lowest BCUT2D eigenvalue weighted by Gasteiger charge is -2.31. The summed E-state index contributed by atoms with van der Waals surface area (Å²) in [7, 11) is -2.01. The van der Waals surface area contributed by atoms with Crippen molar-refractivity contribution < 1.29 is 22.3 Å². The van der Waals surface area contributed by atoms with Gasteiger partial charge in [0, 0.05) is 88.3 Å². The predicted molar refractivity (Wildman–Crippen MR) is 191 cm³/mol. The number of ether oxygens (including phenoxy) is 2. The van der Waals surface area contributed by atoms with Crippen LogP contribution in [-0.2, 0) is 56.8 Å². The number of anilines is 3. The fourth-order valence-corrected chi connectivity index (χ4v) is 10.4. The number of aryl methyl sites for hydroxylation is 4. The molecule has 0 aromatic carbocycles. The average molecular weight is 745 g/mol. The first-order valence-electron chi connectivity index (χ1n) is 18.1. The first-order chi connectivity index (χ1) is 24.5. The van der Waals surface area contributed by atoms with Crippen LogP contribution in [0.5, 0.6) is 0 Å². The molecule has 16 heteroatoms. The average Bonchev–Trinajstić information content (AvgIpc) is 3.86. The van der Waals surface area contributed by atoms with E-state index in [9.17, 15) is 8.42 Å². The van der Waals surface area contributed by atoms with Gasteiger partial charge in [-0.15, -0.1) is 0 Å². The summed E-state index contributed by atoms with van der Waals surface area (Å²) in [6, 6.07) is 0.626. The monoisotopic (exact) mass is 744 g/mol. The zero-order valence-corrected chi connectivity index (χ0v) is 30.7. The van der Waals surface area contributed by atoms with Gasteiger partial charge in [-0.25, -0.2) is 15.0 Å². The third kappa shape index (κ3) is 7.57. The third-order valence-electron chi connectivity index (χ3n) is 10.4. The van der Waals surface area contributed by atoms with Crippen LogP contribution in [0.3, 0.4) is 0 Å². The molecule has 13 nitrogen and oxygen atoms in total. The van der Waals surface area contributed by atoms with Crippen molar-refractivity contribution in [3.63, 3.8) is 0 Å². The Morgan fingerprint density at radius 3 is 1.86 bits per heavy atom. The molecule has 8 heterocycles. The maximum atomic E-state index is 12.6. The van der Waals surface area contributed by atoms with Gasteiger partial charge in [0.1, 0.15) is 27.2 Å². The molecule has 270 valence electrons. The third-order valence-corrected chi connectivity index (χ3v) is 13.5. The minimum absolute atomic E-state index is 0.224. The number of nitrogens with zero attached hydrogens (tertiary/aromatic N) is 6. The van der Waals surface area contributed by atoms with E-state index in [1.807, 2.05) is 0 Å². The summed E-state index contributed by atoms with van der Waals surface area (Å²) >= 11 is 5.91. The number of halogens is 1. The van der Waals surface area contributed by atoms with Crippen molar-refractivity contribution in [3.8, 4) is 0 Å². The van der Waals surface area contributed by atoms with Crippen LogP contribution in [0.25, 0.3) is 0 Å². The van der Waals surface area contributed by atoms with Crippen molar-refractivity contribution in [1.82, 2.24) is 24.9 Å². The van der Waals surface area contributed by atoms with Gasteiger partial charge in [0.05, 0.1) is 38.7 Å². The molecule has 0 saturated carbocycles. The molecule has 3 aromatic rings. The molecule has 2 atom stereocenters. The molecule has 3 aromatic heterocycles. The van der Waals surface area contributed by atoms with Crippen molar-refractivity contribution in [2.75, 3.05) is 66.6 Å². The Morgan fingerprint density at radius 1 is 0.660 bits per heavy atom. The van der Waals surface area contributed by atoms with Crippen LogP contribution in [0, 0.1) is 0 Å². The minimum Gasteiger partial charge on any atom is -0.445 e. The Bertz CT molecular complexity index is 1720. The molecule has 3 saturated heterocycles. The number of aromatic nitrogens is 5. The number of oxazole rings is 1. The molecule has 5 aliphatic heterocycles. The highest BCUT2D eigenvalue weighted by atomic mass is 35.5. The van der Waals surface area contributed by atoms with Crippen LogP contribution >= 0.6 is 11.6 Å². The molecule has 2 N–H and O–H groups in total. The van der Waals surface area contributed by atoms with Crippen LogP contribution in [0.4, 0.5) is 17.6 Å². The second-order valence-corrected chi connectivity index (χ2v) is 17.2. The second-order valence-electron chi connectivity index (χ2n) is 13.8. The number of rotatable bonds is 6. The van der Waals surface area contributed by atoms with Crippen LogP contribution < -0.4 is 15.5 Å². The number of nitrogens with one attached hydrogen (secondary N) is 2. The summed E-state index contributed by atoms with van der Waals surface area (Å²) in [4.78, 5) is 26.8. The molecule has 0 spiro atoms. The first-order valence-corrected chi connectivity index (χ1v) is 21.2. The van der Waals surface area contributed by atoms with E-state index in [0.29, 0.717) is 41.7 Å². The molecule has 50 heavy (non-hydrogen) atoms. The fourth-order valence-electron chi connectivity index (χ4n) is 7.63. The zero-order chi connectivity index (χ0) is 34.0. The van der Waals surface area contributed by atoms with E-state index in [0.717, 1.165) is 142 Å². The van der Waals surface area contributed by atoms with Gasteiger partial charge in [0.15, 0.2) is 5.89 Å². The van der Waals surface area contributed by atoms with E-state index < -0.39 is 21.6 Å². The largest absolute Gasteiger partial charge is 0.445 e. The second kappa shape index (κ2) is 15.5. The summed E-state index contributed by atoms with van der Waals surface area (Å²) < 4.78 is 41.6. The molecule has 3 fully saturated rings. The van der Waals surface area contributed by atoms with Crippen LogP contribution in [-0.4, -0.2) is 96.4 Å². The van der Waals surface area contributed by atoms with E-state index in [1.54, 1.807) is 0 Å². The van der Waals surface area contributed by atoms with Gasteiger partial charge in [-0.05, 0) is 69.4 Å². The summed E-state index contributed by atoms with van der Waals surface area (Å²) in [5, 5.41) is 7.15. The Kier molecular flexibility index (Phi) is 10.6. The number of piperidine rings is 1. The van der Waals surface area contributed by atoms with E-state index in [1.165, 1.54) is 18.5 Å². The molecule has 0 bridgehead atoms. The molecule has 6 aliphatic rings. The summed E-state index contributed by atoms with van der Waals surface area (Å²) in [6.07, 6.45) is 11.8. The molecular formula is C34H45ClN8O5S2. The topological polar surface area (TPSA) is 157 Å². The van der Waals surface area contributed by atoms with Crippen LogP contribution in [0.15, 0.2) is 14.2 Å². The Morgan fingerprint density at radius 2 is 1.24 bits per heavy atom. The lowest BCUT2D eigenvalue weighted by atomic mass is 9.97. The van der Waals surface area contributed by atoms with Crippen LogP contribution in [0.1, 0.15) is 86.0 Å². The van der Waals surface area contributed by atoms with Gasteiger partial charge in [-0.3, -0.25) is 8.42 Å². The van der Waals surface area contributed by atoms with Crippen molar-refractivity contribution >= 4 is 50.8 Å². The lowest BCUT2D eigenvalue weighted by molar-refractivity contribution is 0.0902. The predicted octanol–water partition coefficient (Wildman–Crippen LogP) is 4.37. The smallest absolute Gasteiger partial charge is 0.227 e. The lowest BCUT2D eigenvalue weighted by Crippen LogP contribution is -2.35. The van der Waals surface area contributed by atoms with Gasteiger partial charge in [0.25, 0.3) is 0 Å². The number of hydrogen-bond donors (Lipinski definition) is 2. The molecule has 0 radical (unpaired) electrons. The first kappa shape index (κ1) is 34.4. The Labute approximate surface area is 302 Å². The number of fused-ring (bicyclic) bond motifs is 3. The SMILES string of the molecule is O=S1CCc2nc(Cl)nc(NC3CCOCC3)c21.O=S1CCc2nc(N3CCC(c4nc5c(o4)CCCC5)CC3)nc(NC3CCOCC3)c21. The number of hydrogen-bond acceptors (Lipinski definition) is 13. The normalized spacial score (nSPS) is 24.2. The molecule has 0 amide bonds. The highest BCUT2D eigenvalue weighted by molar-refractivity contribution is 7.85. The van der Waals surface area contributed by atoms with Crippen molar-refractivity contribution in [2.24, 2.45) is 0 Å². The van der Waals surface area contributed by atoms with Gasteiger partial charge >= 0.3 is 0 Å². The Hall–Kier alpha value is -2.72. The minimum atomic E-state index is -1.01. The van der Waals surface area contributed by atoms with E-state index in [2.05, 4.69) is 25.5 Å². The summed E-state index contributed by atoms with van der Waals surface area (Å²) in [5.74, 6) is 5.87. The zero-order valence-electron chi connectivity index (χ0n) is 28.3. The quantitative estimate of drug-likeness (QED) is 0.344. The molecular weight excluding hydrogens is 700 g/mol. The van der Waals surface area contributed by atoms with Gasteiger partial charge in [0.2, 0.25) is 11.2 Å². The maximum Gasteiger partial charge on any atom is 0.227 e. The van der Waals surface area contributed by atoms with E-state index in [-0.39, 0.29) is 5.28 Å². The van der Waals surface area contributed by atoms with Crippen LogP contribution in [0.2, 0.25) is 5.28 Å². The van der Waals surface area contributed by atoms with Crippen molar-refractivity contribution in [2.45, 2.75) is 105 Å². The van der Waals surface area contributed by atoms with Gasteiger partial charge in [-0.2, -0.15) is 9.97 Å². The highest BCUT2D eigenvalue weighted by Gasteiger charge is 2.32. The highest BCUT2D eigenvalue weighted by Crippen LogP contribution is 2.35. The van der Waals surface area contributed by atoms with Gasteiger partial charge < -0.3 is 29.4 Å². The van der Waals surface area contributed by atoms with Gasteiger partial charge in [-0.1, -0.05) is 0 Å². The molecule has 1 aliphatic carbocycles. The van der Waals surface area contributed by atoms with Crippen molar-refractivity contribution in [3.05, 3.63) is 34.0 Å². The molecule has 9 rings (SSSR count). The standard InChI is InChI=1S/C23H31N5O3S.C11H14ClN3O2S/c29-32-14-9-18-20(32)21(24-16-7-12-30-13-8-16)27-23(26-18)28-10-5-15(6-11-28)22-25-17-3-1-2-4-19(17)31-22;12-11-14-8-3-6-18(16)9(8)10(15-11)13-7-1-4-17-5-2-7/h15-16H,1-14H2,(H,24,26,27);7H,1-6H2,(H,13,14,15). The summed E-state index contributed by atoms with van der Waals surface area (Å²) in [5.41, 5.74) is 2.96. The summed E-state index contributed by atoms with van der Waals surface area (Å²) in [6.45, 7) is 4.80. The Balaban J connectivity index is 0.000000170. The van der Waals surface area contributed by atoms with Crippen molar-refractivity contribution in [1.29, 1.82) is 0 Å². The van der Waals surface area contributed by atoms with E-state index in [4.69, 9.17) is 40.4 Å². The van der Waals surface area contributed by atoms with E-state index >= 15 is 0 Å². The maximum absolute atomic E-state index is 12.6. The fraction of sp³-hybridized carbons (Fsp3) is 0.676. The molecule has 2 unspecified atom stereocenters.